The fourth-order valence-corrected chi connectivity index (χ4v) is 4.56. The van der Waals surface area contributed by atoms with Crippen LogP contribution in [0.1, 0.15) is 22.7 Å². The lowest BCUT2D eigenvalue weighted by Crippen LogP contribution is -2.49. The topological polar surface area (TPSA) is 50.8 Å². The Morgan fingerprint density at radius 2 is 1.65 bits per heavy atom. The average Bonchev–Trinajstić information content (AvgIpc) is 2.63. The normalized spacial score (nSPS) is 19.3. The van der Waals surface area contributed by atoms with Crippen molar-refractivity contribution in [2.24, 2.45) is 0 Å². The van der Waals surface area contributed by atoms with Crippen LogP contribution in [0.25, 0.3) is 11.1 Å². The largest absolute Gasteiger partial charge is 0.870 e. The Balaban J connectivity index is 2.08. The number of ether oxygens (including phenoxy) is 3. The average molecular weight is 355 g/mol. The van der Waals surface area contributed by atoms with Crippen LogP contribution in [0.4, 0.5) is 0 Å². The second-order valence-corrected chi connectivity index (χ2v) is 7.69. The van der Waals surface area contributed by atoms with Crippen molar-refractivity contribution in [2.75, 3.05) is 42.0 Å². The zero-order valence-corrected chi connectivity index (χ0v) is 16.0. The third kappa shape index (κ3) is 2.27. The number of nitrogens with zero attached hydrogens (tertiary/aromatic N) is 1. The SMILES string of the molecule is COc1cc2c(cc1OC)-c1c(OC)c([O-])cc3c1C(C2)[N+](C)(C)CC3. The first-order valence-electron chi connectivity index (χ1n) is 8.90. The van der Waals surface area contributed by atoms with E-state index in [1.54, 1.807) is 27.4 Å². The van der Waals surface area contributed by atoms with Crippen LogP contribution in [0.5, 0.6) is 23.0 Å². The lowest BCUT2D eigenvalue weighted by molar-refractivity contribution is -0.923. The first-order valence-corrected chi connectivity index (χ1v) is 8.90. The summed E-state index contributed by atoms with van der Waals surface area (Å²) in [6.07, 6.45) is 1.82. The molecule has 1 atom stereocenters. The van der Waals surface area contributed by atoms with E-state index >= 15 is 0 Å². The summed E-state index contributed by atoms with van der Waals surface area (Å²) in [7, 11) is 9.39. The van der Waals surface area contributed by atoms with Crippen molar-refractivity contribution in [3.8, 4) is 34.1 Å². The highest BCUT2D eigenvalue weighted by atomic mass is 16.5. The molecule has 0 saturated heterocycles. The highest BCUT2D eigenvalue weighted by Crippen LogP contribution is 2.54. The summed E-state index contributed by atoms with van der Waals surface area (Å²) in [5.74, 6) is 1.77. The lowest BCUT2D eigenvalue weighted by atomic mass is 9.75. The molecule has 0 spiro atoms. The molecular formula is C21H25NO4. The molecule has 0 bridgehead atoms. The minimum absolute atomic E-state index is 0.0464. The van der Waals surface area contributed by atoms with E-state index in [4.69, 9.17) is 14.2 Å². The van der Waals surface area contributed by atoms with Crippen LogP contribution in [0, 0.1) is 0 Å². The maximum absolute atomic E-state index is 12.7. The van der Waals surface area contributed by atoms with Gasteiger partial charge in [-0.2, -0.15) is 0 Å². The predicted molar refractivity (Wildman–Crippen MR) is 98.1 cm³/mol. The molecule has 2 aliphatic rings. The molecule has 1 aliphatic heterocycles. The van der Waals surface area contributed by atoms with Crippen molar-refractivity contribution in [1.29, 1.82) is 0 Å². The summed E-state index contributed by atoms with van der Waals surface area (Å²) in [6, 6.07) is 6.10. The molecule has 1 unspecified atom stereocenters. The number of methoxy groups -OCH3 is 3. The van der Waals surface area contributed by atoms with Gasteiger partial charge in [0.15, 0.2) is 11.5 Å². The molecule has 1 aliphatic carbocycles. The van der Waals surface area contributed by atoms with Gasteiger partial charge in [-0.05, 0) is 28.8 Å². The number of fused-ring (bicyclic) bond motifs is 2. The fraction of sp³-hybridized carbons (Fsp3) is 0.429. The summed E-state index contributed by atoms with van der Waals surface area (Å²) in [6.45, 7) is 1.02. The van der Waals surface area contributed by atoms with Crippen molar-refractivity contribution in [3.63, 3.8) is 0 Å². The van der Waals surface area contributed by atoms with Gasteiger partial charge in [0, 0.05) is 24.0 Å². The van der Waals surface area contributed by atoms with Gasteiger partial charge in [-0.25, -0.2) is 0 Å². The molecule has 138 valence electrons. The van der Waals surface area contributed by atoms with Gasteiger partial charge in [0.25, 0.3) is 0 Å². The van der Waals surface area contributed by atoms with E-state index < -0.39 is 0 Å². The van der Waals surface area contributed by atoms with Gasteiger partial charge in [-0.3, -0.25) is 0 Å². The first-order chi connectivity index (χ1) is 12.4. The molecule has 1 heterocycles. The van der Waals surface area contributed by atoms with Gasteiger partial charge in [0.05, 0.1) is 42.0 Å². The van der Waals surface area contributed by atoms with E-state index in [0.29, 0.717) is 23.3 Å². The van der Waals surface area contributed by atoms with Gasteiger partial charge in [0.2, 0.25) is 0 Å². The molecule has 4 rings (SSSR count). The van der Waals surface area contributed by atoms with Crippen LogP contribution in [-0.4, -0.2) is 46.5 Å². The maximum atomic E-state index is 12.7. The first kappa shape index (κ1) is 17.0. The van der Waals surface area contributed by atoms with Crippen molar-refractivity contribution in [1.82, 2.24) is 0 Å². The standard InChI is InChI=1S/C21H25NO4/c1-22(2)7-6-12-9-16(23)21(26-5)20-14-11-18(25-4)17(24-3)10-13(14)8-15(22)19(12)20/h9-11,15H,6-8H2,1-5H3. The molecular weight excluding hydrogens is 330 g/mol. The molecule has 5 nitrogen and oxygen atoms in total. The van der Waals surface area contributed by atoms with Crippen LogP contribution >= 0.6 is 0 Å². The number of hydrogen-bond donors (Lipinski definition) is 0. The van der Waals surface area contributed by atoms with Crippen LogP contribution in [0.15, 0.2) is 18.2 Å². The van der Waals surface area contributed by atoms with Crippen molar-refractivity contribution in [3.05, 3.63) is 34.9 Å². The monoisotopic (exact) mass is 355 g/mol. The quantitative estimate of drug-likeness (QED) is 0.795. The highest BCUT2D eigenvalue weighted by molar-refractivity contribution is 5.84. The predicted octanol–water partition coefficient (Wildman–Crippen LogP) is 2.68. The van der Waals surface area contributed by atoms with E-state index in [-0.39, 0.29) is 5.75 Å². The Kier molecular flexibility index (Phi) is 3.81. The van der Waals surface area contributed by atoms with E-state index in [0.717, 1.165) is 40.6 Å². The number of quaternary nitrogens is 1. The summed E-state index contributed by atoms with van der Waals surface area (Å²) in [5, 5.41) is 12.7. The summed E-state index contributed by atoms with van der Waals surface area (Å²) < 4.78 is 17.5. The van der Waals surface area contributed by atoms with Gasteiger partial charge in [-0.15, -0.1) is 0 Å². The van der Waals surface area contributed by atoms with Gasteiger partial charge in [-0.1, -0.05) is 11.8 Å². The molecule has 0 saturated carbocycles. The molecule has 0 fully saturated rings. The Bertz CT molecular complexity index is 888. The van der Waals surface area contributed by atoms with E-state index in [2.05, 4.69) is 14.1 Å². The van der Waals surface area contributed by atoms with Gasteiger partial charge < -0.3 is 23.8 Å². The molecule has 26 heavy (non-hydrogen) atoms. The smallest absolute Gasteiger partial charge is 0.161 e. The molecule has 2 aromatic carbocycles. The summed E-state index contributed by atoms with van der Waals surface area (Å²) in [4.78, 5) is 0. The maximum Gasteiger partial charge on any atom is 0.161 e. The third-order valence-corrected chi connectivity index (χ3v) is 6.00. The zero-order chi connectivity index (χ0) is 18.6. The van der Waals surface area contributed by atoms with E-state index in [1.165, 1.54) is 11.1 Å². The molecule has 5 heteroatoms. The minimum Gasteiger partial charge on any atom is -0.870 e. The molecule has 2 aromatic rings. The molecule has 0 amide bonds. The number of rotatable bonds is 3. The Morgan fingerprint density at radius 1 is 0.962 bits per heavy atom. The number of likely N-dealkylation sites (N-methyl/N-ethyl adjacent to an activating group) is 1. The second kappa shape index (κ2) is 5.81. The van der Waals surface area contributed by atoms with Crippen LogP contribution < -0.4 is 19.3 Å². The van der Waals surface area contributed by atoms with E-state index in [9.17, 15) is 5.11 Å². The fourth-order valence-electron chi connectivity index (χ4n) is 4.56. The highest BCUT2D eigenvalue weighted by Gasteiger charge is 2.42. The Labute approximate surface area is 154 Å². The Morgan fingerprint density at radius 3 is 2.31 bits per heavy atom. The molecule has 0 aromatic heterocycles. The van der Waals surface area contributed by atoms with Crippen LogP contribution in [0.3, 0.4) is 0 Å². The van der Waals surface area contributed by atoms with Crippen molar-refractivity contribution in [2.45, 2.75) is 18.9 Å². The van der Waals surface area contributed by atoms with Crippen LogP contribution in [0.2, 0.25) is 0 Å². The third-order valence-electron chi connectivity index (χ3n) is 6.00. The minimum atomic E-state index is -0.0464. The van der Waals surface area contributed by atoms with Crippen molar-refractivity contribution >= 4 is 0 Å². The number of benzene rings is 2. The summed E-state index contributed by atoms with van der Waals surface area (Å²) >= 11 is 0. The summed E-state index contributed by atoms with van der Waals surface area (Å²) in [5.41, 5.74) is 5.55. The van der Waals surface area contributed by atoms with Gasteiger partial charge >= 0.3 is 0 Å². The zero-order valence-electron chi connectivity index (χ0n) is 16.0. The molecule has 0 N–H and O–H groups in total. The van der Waals surface area contributed by atoms with E-state index in [1.807, 2.05) is 12.1 Å². The van der Waals surface area contributed by atoms with Gasteiger partial charge in [0.1, 0.15) is 11.8 Å². The van der Waals surface area contributed by atoms with Crippen molar-refractivity contribution < 1.29 is 23.8 Å². The molecule has 0 radical (unpaired) electrons. The lowest BCUT2D eigenvalue weighted by Gasteiger charge is -2.46. The number of hydrogen-bond acceptors (Lipinski definition) is 4. The van der Waals surface area contributed by atoms with Crippen LogP contribution in [-0.2, 0) is 12.8 Å². The Hall–Kier alpha value is -2.40. The second-order valence-electron chi connectivity index (χ2n) is 7.69.